The van der Waals surface area contributed by atoms with Gasteiger partial charge in [0.15, 0.2) is 4.90 Å². The van der Waals surface area contributed by atoms with Crippen LogP contribution in [0, 0.1) is 10.1 Å². The number of nitrogens with zero attached hydrogens (tertiary/aromatic N) is 2. The van der Waals surface area contributed by atoms with Gasteiger partial charge in [-0.1, -0.05) is 23.7 Å². The van der Waals surface area contributed by atoms with E-state index in [1.807, 2.05) is 31.1 Å². The summed E-state index contributed by atoms with van der Waals surface area (Å²) in [5, 5.41) is 11.1. The molecule has 0 heterocycles. The number of rotatable bonds is 6. The lowest BCUT2D eigenvalue weighted by Crippen LogP contribution is -2.24. The summed E-state index contributed by atoms with van der Waals surface area (Å²) in [5.74, 6) is 0. The molecular formula is C15H16ClN3O4S. The van der Waals surface area contributed by atoms with Crippen LogP contribution < -0.4 is 9.62 Å². The minimum absolute atomic E-state index is 0.0236. The minimum atomic E-state index is -4.04. The van der Waals surface area contributed by atoms with Gasteiger partial charge in [0, 0.05) is 37.4 Å². The summed E-state index contributed by atoms with van der Waals surface area (Å²) in [6.45, 7) is 0.0236. The monoisotopic (exact) mass is 369 g/mol. The minimum Gasteiger partial charge on any atom is -0.378 e. The van der Waals surface area contributed by atoms with Crippen LogP contribution in [0.4, 0.5) is 11.4 Å². The molecule has 9 heteroatoms. The Morgan fingerprint density at radius 3 is 2.33 bits per heavy atom. The lowest BCUT2D eigenvalue weighted by Gasteiger charge is -2.13. The van der Waals surface area contributed by atoms with Gasteiger partial charge in [-0.3, -0.25) is 10.1 Å². The maximum atomic E-state index is 12.4. The highest BCUT2D eigenvalue weighted by Gasteiger charge is 2.25. The number of benzene rings is 2. The van der Waals surface area contributed by atoms with E-state index in [2.05, 4.69) is 4.72 Å². The van der Waals surface area contributed by atoms with Gasteiger partial charge in [0.2, 0.25) is 10.0 Å². The third-order valence-corrected chi connectivity index (χ3v) is 5.01. The van der Waals surface area contributed by atoms with Crippen LogP contribution in [0.5, 0.6) is 0 Å². The lowest BCUT2D eigenvalue weighted by molar-refractivity contribution is -0.387. The third kappa shape index (κ3) is 4.22. The summed E-state index contributed by atoms with van der Waals surface area (Å²) < 4.78 is 27.1. The number of sulfonamides is 1. The molecule has 0 atom stereocenters. The highest BCUT2D eigenvalue weighted by atomic mass is 35.5. The van der Waals surface area contributed by atoms with Crippen molar-refractivity contribution in [3.63, 3.8) is 0 Å². The molecule has 0 aliphatic rings. The van der Waals surface area contributed by atoms with E-state index in [0.717, 1.165) is 23.4 Å². The lowest BCUT2D eigenvalue weighted by atomic mass is 10.2. The first kappa shape index (κ1) is 18.2. The van der Waals surface area contributed by atoms with Crippen LogP contribution in [0.1, 0.15) is 5.56 Å². The maximum Gasteiger partial charge on any atom is 0.290 e. The van der Waals surface area contributed by atoms with Crippen LogP contribution in [0.15, 0.2) is 47.4 Å². The normalized spacial score (nSPS) is 11.3. The Morgan fingerprint density at radius 1 is 1.17 bits per heavy atom. The van der Waals surface area contributed by atoms with Crippen molar-refractivity contribution in [3.05, 3.63) is 63.2 Å². The smallest absolute Gasteiger partial charge is 0.290 e. The van der Waals surface area contributed by atoms with Gasteiger partial charge in [0.1, 0.15) is 0 Å². The fraction of sp³-hybridized carbons (Fsp3) is 0.200. The highest BCUT2D eigenvalue weighted by Crippen LogP contribution is 2.27. The van der Waals surface area contributed by atoms with Crippen molar-refractivity contribution in [1.29, 1.82) is 0 Å². The van der Waals surface area contributed by atoms with E-state index in [-0.39, 0.29) is 11.6 Å². The van der Waals surface area contributed by atoms with Crippen molar-refractivity contribution in [1.82, 2.24) is 4.72 Å². The highest BCUT2D eigenvalue weighted by molar-refractivity contribution is 7.89. The number of anilines is 1. The molecular weight excluding hydrogens is 354 g/mol. The maximum absolute atomic E-state index is 12.4. The average Bonchev–Trinajstić information content (AvgIpc) is 2.53. The number of hydrogen-bond acceptors (Lipinski definition) is 5. The molecule has 0 fully saturated rings. The Bertz CT molecular complexity index is 852. The third-order valence-electron chi connectivity index (χ3n) is 3.33. The molecule has 7 nitrogen and oxygen atoms in total. The second-order valence-corrected chi connectivity index (χ2v) is 7.43. The molecule has 0 radical (unpaired) electrons. The summed E-state index contributed by atoms with van der Waals surface area (Å²) in [6.07, 6.45) is 0. The fourth-order valence-corrected chi connectivity index (χ4v) is 3.36. The zero-order valence-electron chi connectivity index (χ0n) is 13.1. The number of hydrogen-bond donors (Lipinski definition) is 1. The SMILES string of the molecule is CN(C)c1ccc(CNS(=O)(=O)c2ccc(Cl)cc2[N+](=O)[O-])cc1. The zero-order valence-corrected chi connectivity index (χ0v) is 14.6. The summed E-state index contributed by atoms with van der Waals surface area (Å²) in [7, 11) is -0.238. The van der Waals surface area contributed by atoms with Crippen molar-refractivity contribution < 1.29 is 13.3 Å². The molecule has 0 unspecified atom stereocenters. The van der Waals surface area contributed by atoms with Crippen molar-refractivity contribution in [2.75, 3.05) is 19.0 Å². The van der Waals surface area contributed by atoms with Crippen LogP contribution in [-0.4, -0.2) is 27.4 Å². The van der Waals surface area contributed by atoms with E-state index < -0.39 is 25.5 Å². The average molecular weight is 370 g/mol. The molecule has 0 saturated carbocycles. The number of halogens is 1. The Morgan fingerprint density at radius 2 is 1.79 bits per heavy atom. The molecule has 2 aromatic rings. The predicted octanol–water partition coefficient (Wildman–Crippen LogP) is 2.79. The molecule has 24 heavy (non-hydrogen) atoms. The first-order valence-corrected chi connectivity index (χ1v) is 8.76. The van der Waals surface area contributed by atoms with E-state index in [4.69, 9.17) is 11.6 Å². The Kier molecular flexibility index (Phi) is 5.43. The molecule has 0 aliphatic heterocycles. The molecule has 0 spiro atoms. The Hall–Kier alpha value is -2.16. The fourth-order valence-electron chi connectivity index (χ4n) is 2.03. The largest absolute Gasteiger partial charge is 0.378 e. The second-order valence-electron chi connectivity index (χ2n) is 5.25. The molecule has 0 saturated heterocycles. The number of nitrogens with one attached hydrogen (secondary N) is 1. The molecule has 2 rings (SSSR count). The van der Waals surface area contributed by atoms with Gasteiger partial charge in [0.25, 0.3) is 5.69 Å². The quantitative estimate of drug-likeness (QED) is 0.624. The number of nitro benzene ring substituents is 1. The molecule has 128 valence electrons. The van der Waals surface area contributed by atoms with Crippen LogP contribution in [0.2, 0.25) is 5.02 Å². The van der Waals surface area contributed by atoms with Gasteiger partial charge in [0.05, 0.1) is 4.92 Å². The van der Waals surface area contributed by atoms with E-state index in [0.29, 0.717) is 0 Å². The summed E-state index contributed by atoms with van der Waals surface area (Å²) >= 11 is 5.70. The summed E-state index contributed by atoms with van der Waals surface area (Å²) in [5.41, 5.74) is 1.16. The van der Waals surface area contributed by atoms with Crippen LogP contribution in [0.25, 0.3) is 0 Å². The first-order chi connectivity index (χ1) is 11.2. The number of nitro groups is 1. The van der Waals surface area contributed by atoms with Gasteiger partial charge in [-0.15, -0.1) is 0 Å². The van der Waals surface area contributed by atoms with Crippen molar-refractivity contribution in [2.24, 2.45) is 0 Å². The van der Waals surface area contributed by atoms with Crippen molar-refractivity contribution in [3.8, 4) is 0 Å². The standard InChI is InChI=1S/C15H16ClN3O4S/c1-18(2)13-6-3-11(4-7-13)10-17-24(22,23)15-8-5-12(16)9-14(15)19(20)21/h3-9,17H,10H2,1-2H3. The molecule has 0 bridgehead atoms. The summed E-state index contributed by atoms with van der Waals surface area (Å²) in [6, 6.07) is 10.7. The molecule has 0 aromatic heterocycles. The Balaban J connectivity index is 2.21. The van der Waals surface area contributed by atoms with E-state index in [1.54, 1.807) is 12.1 Å². The molecule has 0 aliphatic carbocycles. The van der Waals surface area contributed by atoms with Crippen LogP contribution >= 0.6 is 11.6 Å². The molecule has 0 amide bonds. The topological polar surface area (TPSA) is 92.6 Å². The van der Waals surface area contributed by atoms with E-state index >= 15 is 0 Å². The summed E-state index contributed by atoms with van der Waals surface area (Å²) in [4.78, 5) is 11.8. The van der Waals surface area contributed by atoms with Gasteiger partial charge in [-0.05, 0) is 29.8 Å². The molecule has 2 aromatic carbocycles. The Labute approximate surface area is 145 Å². The van der Waals surface area contributed by atoms with Gasteiger partial charge >= 0.3 is 0 Å². The van der Waals surface area contributed by atoms with Gasteiger partial charge in [-0.2, -0.15) is 0 Å². The van der Waals surface area contributed by atoms with E-state index in [9.17, 15) is 18.5 Å². The van der Waals surface area contributed by atoms with Crippen molar-refractivity contribution >= 4 is 33.0 Å². The van der Waals surface area contributed by atoms with E-state index in [1.165, 1.54) is 6.07 Å². The van der Waals surface area contributed by atoms with Crippen LogP contribution in [-0.2, 0) is 16.6 Å². The zero-order chi connectivity index (χ0) is 17.9. The van der Waals surface area contributed by atoms with Crippen molar-refractivity contribution in [2.45, 2.75) is 11.4 Å². The second kappa shape index (κ2) is 7.16. The predicted molar refractivity (Wildman–Crippen MR) is 92.9 cm³/mol. The van der Waals surface area contributed by atoms with Gasteiger partial charge < -0.3 is 4.90 Å². The van der Waals surface area contributed by atoms with Crippen LogP contribution in [0.3, 0.4) is 0 Å². The molecule has 1 N–H and O–H groups in total. The van der Waals surface area contributed by atoms with Gasteiger partial charge in [-0.25, -0.2) is 13.1 Å². The first-order valence-electron chi connectivity index (χ1n) is 6.90.